The molecule has 14 rings (SSSR count). The minimum atomic E-state index is -0.0406. The SMILES string of the molecule is CC(C)(C)c1ccc(Nc2cc3oc4ccccc4c3cc2-c2c3c4c(c5cc(C(C)(C)C)ccc5n4-c4cc5c(-c6ccccc6)c(-c6ccccc6)sc5cc4[B]3)c3c2sc2ccccc23)cc1. The Labute approximate surface area is 415 Å². The van der Waals surface area contributed by atoms with E-state index < -0.39 is 0 Å². The second-order valence-corrected chi connectivity index (χ2v) is 23.3. The number of benzene rings is 9. The maximum atomic E-state index is 6.67. The van der Waals surface area contributed by atoms with Crippen LogP contribution < -0.4 is 16.2 Å². The molecule has 0 fully saturated rings. The first kappa shape index (κ1) is 41.6. The molecule has 335 valence electrons. The van der Waals surface area contributed by atoms with Gasteiger partial charge in [0.05, 0.1) is 11.2 Å². The highest BCUT2D eigenvalue weighted by molar-refractivity contribution is 7.26. The number of anilines is 2. The van der Waals surface area contributed by atoms with Crippen molar-refractivity contribution >= 4 is 126 Å². The number of aromatic nitrogens is 1. The van der Waals surface area contributed by atoms with Gasteiger partial charge in [0, 0.05) is 90.8 Å². The molecular weight excluding hydrogens is 888 g/mol. The molecule has 1 N–H and O–H groups in total. The van der Waals surface area contributed by atoms with Crippen LogP contribution in [0.1, 0.15) is 52.7 Å². The Morgan fingerprint density at radius 1 is 0.514 bits per heavy atom. The summed E-state index contributed by atoms with van der Waals surface area (Å²) < 4.78 is 13.1. The minimum Gasteiger partial charge on any atom is -0.456 e. The third-order valence-corrected chi connectivity index (χ3v) is 17.1. The summed E-state index contributed by atoms with van der Waals surface area (Å²) in [5, 5.41) is 12.7. The summed E-state index contributed by atoms with van der Waals surface area (Å²) in [4.78, 5) is 1.29. The van der Waals surface area contributed by atoms with Crippen molar-refractivity contribution in [3.8, 4) is 38.4 Å². The van der Waals surface area contributed by atoms with E-state index in [-0.39, 0.29) is 10.8 Å². The van der Waals surface area contributed by atoms with Crippen LogP contribution in [0, 0.1) is 0 Å². The quantitative estimate of drug-likeness (QED) is 0.174. The molecule has 0 unspecified atom stereocenters. The van der Waals surface area contributed by atoms with Gasteiger partial charge in [-0.1, -0.05) is 162 Å². The van der Waals surface area contributed by atoms with Gasteiger partial charge < -0.3 is 14.3 Å². The number of thiophene rings is 2. The Hall–Kier alpha value is -7.38. The standard InChI is InChI=1S/C64H48BN2OS2/c1-63(2,3)38-25-28-40(29-26-38)66-48-35-52-43(41-21-13-15-23-51(41)68-52)32-44(48)58-59-60-56(57-42-22-14-16-24-53(42)69-62(57)58)45-31-39(64(4,5)6)27-30-49(45)67(60)50-33-46-54(34-47(50)65-59)70-61(37-19-11-8-12-20-37)55(46)36-17-9-7-10-18-36/h7-35,66H,1-6H3. The lowest BCUT2D eigenvalue weighted by molar-refractivity contribution is 0.590. The summed E-state index contributed by atoms with van der Waals surface area (Å²) in [5.41, 5.74) is 18.7. The van der Waals surface area contributed by atoms with E-state index in [0.717, 1.165) is 38.9 Å². The largest absolute Gasteiger partial charge is 0.456 e. The smallest absolute Gasteiger partial charge is 0.198 e. The first-order valence-corrected chi connectivity index (χ1v) is 26.0. The summed E-state index contributed by atoms with van der Waals surface area (Å²) in [5.74, 6) is 0. The zero-order chi connectivity index (χ0) is 47.2. The topological polar surface area (TPSA) is 30.1 Å². The Bertz CT molecular complexity index is 4290. The number of hydrogen-bond donors (Lipinski definition) is 1. The molecule has 0 bridgehead atoms. The molecule has 0 aliphatic carbocycles. The van der Waals surface area contributed by atoms with Gasteiger partial charge in [0.25, 0.3) is 0 Å². The Balaban J connectivity index is 1.14. The zero-order valence-electron chi connectivity index (χ0n) is 40.0. The first-order chi connectivity index (χ1) is 34.0. The van der Waals surface area contributed by atoms with Crippen LogP contribution in [0.25, 0.3) is 112 Å². The Morgan fingerprint density at radius 3 is 1.96 bits per heavy atom. The molecule has 9 aromatic carbocycles. The zero-order valence-corrected chi connectivity index (χ0v) is 41.6. The summed E-state index contributed by atoms with van der Waals surface area (Å²) >= 11 is 3.81. The van der Waals surface area contributed by atoms with Crippen LogP contribution in [0.5, 0.6) is 0 Å². The normalized spacial score (nSPS) is 12.8. The predicted molar refractivity (Wildman–Crippen MR) is 305 cm³/mol. The Morgan fingerprint density at radius 2 is 1.20 bits per heavy atom. The van der Waals surface area contributed by atoms with Gasteiger partial charge in [-0.3, -0.25) is 0 Å². The molecule has 4 aromatic heterocycles. The molecule has 0 atom stereocenters. The molecule has 6 heteroatoms. The lowest BCUT2D eigenvalue weighted by Crippen LogP contribution is -2.37. The molecule has 0 spiro atoms. The second-order valence-electron chi connectivity index (χ2n) is 21.2. The van der Waals surface area contributed by atoms with Gasteiger partial charge in [-0.05, 0) is 98.7 Å². The number of furan rings is 1. The molecule has 5 heterocycles. The van der Waals surface area contributed by atoms with E-state index >= 15 is 0 Å². The lowest BCUT2D eigenvalue weighted by atomic mass is 9.58. The highest BCUT2D eigenvalue weighted by atomic mass is 32.1. The van der Waals surface area contributed by atoms with Gasteiger partial charge in [0.1, 0.15) is 11.2 Å². The van der Waals surface area contributed by atoms with E-state index in [0.29, 0.717) is 0 Å². The highest BCUT2D eigenvalue weighted by Crippen LogP contribution is 2.52. The van der Waals surface area contributed by atoms with E-state index in [2.05, 4.69) is 235 Å². The molecular formula is C64H48BN2OS2. The van der Waals surface area contributed by atoms with Gasteiger partial charge in [0.2, 0.25) is 0 Å². The maximum absolute atomic E-state index is 6.67. The Kier molecular flexibility index (Phi) is 8.95. The van der Waals surface area contributed by atoms with Crippen LogP contribution in [-0.4, -0.2) is 11.8 Å². The van der Waals surface area contributed by atoms with Gasteiger partial charge in [-0.25, -0.2) is 0 Å². The minimum absolute atomic E-state index is 0.0406. The maximum Gasteiger partial charge on any atom is 0.198 e. The van der Waals surface area contributed by atoms with Crippen molar-refractivity contribution < 1.29 is 4.42 Å². The van der Waals surface area contributed by atoms with Crippen molar-refractivity contribution in [3.63, 3.8) is 0 Å². The first-order valence-electron chi connectivity index (χ1n) is 24.3. The van der Waals surface area contributed by atoms with E-state index in [1.165, 1.54) is 107 Å². The molecule has 1 aliphatic heterocycles. The fourth-order valence-corrected chi connectivity index (χ4v) is 13.8. The van der Waals surface area contributed by atoms with E-state index in [4.69, 9.17) is 4.42 Å². The van der Waals surface area contributed by atoms with Crippen molar-refractivity contribution in [1.82, 2.24) is 4.57 Å². The number of nitrogens with zero attached hydrogens (tertiary/aromatic N) is 1. The van der Waals surface area contributed by atoms with Crippen molar-refractivity contribution in [2.45, 2.75) is 52.4 Å². The third kappa shape index (κ3) is 6.26. The van der Waals surface area contributed by atoms with Crippen LogP contribution in [0.15, 0.2) is 180 Å². The van der Waals surface area contributed by atoms with E-state index in [1.807, 2.05) is 22.7 Å². The van der Waals surface area contributed by atoms with Crippen molar-refractivity contribution in [2.24, 2.45) is 0 Å². The average Bonchev–Trinajstić information content (AvgIpc) is 4.13. The molecule has 1 radical (unpaired) electrons. The number of para-hydroxylation sites is 1. The average molecular weight is 936 g/mol. The summed E-state index contributed by atoms with van der Waals surface area (Å²) in [6, 6.07) is 65.3. The van der Waals surface area contributed by atoms with Crippen LogP contribution in [0.3, 0.4) is 0 Å². The fraction of sp³-hybridized carbons (Fsp3) is 0.125. The van der Waals surface area contributed by atoms with Gasteiger partial charge >= 0.3 is 0 Å². The molecule has 0 saturated carbocycles. The van der Waals surface area contributed by atoms with Gasteiger partial charge in [-0.15, -0.1) is 22.7 Å². The third-order valence-electron chi connectivity index (χ3n) is 14.7. The second kappa shape index (κ2) is 15.1. The monoisotopic (exact) mass is 935 g/mol. The highest BCUT2D eigenvalue weighted by Gasteiger charge is 2.33. The molecule has 3 nitrogen and oxygen atoms in total. The number of rotatable bonds is 5. The number of hydrogen-bond acceptors (Lipinski definition) is 4. The summed E-state index contributed by atoms with van der Waals surface area (Å²) in [6.07, 6.45) is 0. The summed E-state index contributed by atoms with van der Waals surface area (Å²) in [7, 11) is 2.52. The lowest BCUT2D eigenvalue weighted by Gasteiger charge is -2.25. The van der Waals surface area contributed by atoms with Crippen LogP contribution in [0.2, 0.25) is 0 Å². The van der Waals surface area contributed by atoms with Crippen molar-refractivity contribution in [3.05, 3.63) is 187 Å². The van der Waals surface area contributed by atoms with Crippen LogP contribution in [0.4, 0.5) is 11.4 Å². The fourth-order valence-electron chi connectivity index (χ4n) is 11.2. The van der Waals surface area contributed by atoms with Crippen molar-refractivity contribution in [2.75, 3.05) is 5.32 Å². The van der Waals surface area contributed by atoms with Crippen LogP contribution in [-0.2, 0) is 10.8 Å². The molecule has 13 aromatic rings. The van der Waals surface area contributed by atoms with E-state index in [9.17, 15) is 0 Å². The number of nitrogens with one attached hydrogen (secondary N) is 1. The number of fused-ring (bicyclic) bond motifs is 13. The predicted octanol–water partition coefficient (Wildman–Crippen LogP) is 17.6. The molecule has 1 aliphatic rings. The van der Waals surface area contributed by atoms with Gasteiger partial charge in [-0.2, -0.15) is 0 Å². The van der Waals surface area contributed by atoms with Crippen molar-refractivity contribution in [1.29, 1.82) is 0 Å². The van der Waals surface area contributed by atoms with E-state index in [1.54, 1.807) is 0 Å². The molecule has 0 amide bonds. The van der Waals surface area contributed by atoms with Crippen LogP contribution >= 0.6 is 22.7 Å². The van der Waals surface area contributed by atoms with Gasteiger partial charge in [0.15, 0.2) is 7.28 Å². The molecule has 70 heavy (non-hydrogen) atoms. The summed E-state index contributed by atoms with van der Waals surface area (Å²) in [6.45, 7) is 13.8. The molecule has 0 saturated heterocycles.